The third-order valence-corrected chi connectivity index (χ3v) is 3.35. The maximum absolute atomic E-state index is 12.5. The van der Waals surface area contributed by atoms with E-state index in [1.807, 2.05) is 25.1 Å². The Morgan fingerprint density at radius 1 is 1.21 bits per heavy atom. The van der Waals surface area contributed by atoms with Crippen LogP contribution < -0.4 is 10.9 Å². The maximum atomic E-state index is 12.5. The normalized spacial score (nSPS) is 10.5. The van der Waals surface area contributed by atoms with Gasteiger partial charge in [0, 0.05) is 12.6 Å². The molecule has 0 fully saturated rings. The van der Waals surface area contributed by atoms with Crippen LogP contribution >= 0.6 is 0 Å². The number of aryl methyl sites for hydroxylation is 1. The Morgan fingerprint density at radius 2 is 2.04 bits per heavy atom. The topological polar surface area (TPSA) is 94.7 Å². The van der Waals surface area contributed by atoms with E-state index in [9.17, 15) is 9.59 Å². The number of carbonyl (C=O) groups excluding carboxylic acids is 1. The van der Waals surface area contributed by atoms with E-state index in [1.165, 1.54) is 23.1 Å². The minimum Gasteiger partial charge on any atom is -0.319 e. The highest BCUT2D eigenvalue weighted by Crippen LogP contribution is 2.19. The summed E-state index contributed by atoms with van der Waals surface area (Å²) in [5.74, 6) is -0.396. The molecule has 3 rings (SSSR count). The van der Waals surface area contributed by atoms with Crippen molar-refractivity contribution >= 4 is 11.6 Å². The van der Waals surface area contributed by atoms with Gasteiger partial charge in [-0.1, -0.05) is 19.1 Å². The Morgan fingerprint density at radius 3 is 2.79 bits per heavy atom. The summed E-state index contributed by atoms with van der Waals surface area (Å²) in [6.45, 7) is 2.41. The Balaban J connectivity index is 1.89. The number of aromatic nitrogens is 5. The van der Waals surface area contributed by atoms with Gasteiger partial charge in [0.1, 0.15) is 18.3 Å². The molecule has 1 N–H and O–H groups in total. The molecule has 8 heteroatoms. The summed E-state index contributed by atoms with van der Waals surface area (Å²) >= 11 is 0. The van der Waals surface area contributed by atoms with Crippen LogP contribution in [0.25, 0.3) is 5.69 Å². The van der Waals surface area contributed by atoms with Gasteiger partial charge >= 0.3 is 0 Å². The van der Waals surface area contributed by atoms with Gasteiger partial charge in [-0.05, 0) is 24.6 Å². The van der Waals surface area contributed by atoms with E-state index in [0.717, 1.165) is 6.42 Å². The smallest absolute Gasteiger partial charge is 0.276 e. The molecule has 0 unspecified atom stereocenters. The minimum atomic E-state index is -0.396. The molecule has 0 spiro atoms. The molecule has 0 aliphatic heterocycles. The van der Waals surface area contributed by atoms with Crippen LogP contribution in [0, 0.1) is 0 Å². The Kier molecular flexibility index (Phi) is 4.46. The van der Waals surface area contributed by atoms with E-state index in [4.69, 9.17) is 0 Å². The van der Waals surface area contributed by atoms with Crippen molar-refractivity contribution in [2.45, 2.75) is 19.9 Å². The highest BCUT2D eigenvalue weighted by molar-refractivity contribution is 6.03. The molecular weight excluding hydrogens is 308 g/mol. The summed E-state index contributed by atoms with van der Waals surface area (Å²) in [6, 6.07) is 9.99. The first-order valence-electron chi connectivity index (χ1n) is 7.52. The molecule has 24 heavy (non-hydrogen) atoms. The molecule has 1 aromatic carbocycles. The third kappa shape index (κ3) is 3.22. The van der Waals surface area contributed by atoms with Crippen molar-refractivity contribution < 1.29 is 4.79 Å². The molecule has 8 nitrogen and oxygen atoms in total. The lowest BCUT2D eigenvalue weighted by molar-refractivity contribution is 0.101. The second-order valence-corrected chi connectivity index (χ2v) is 5.09. The molecule has 0 radical (unpaired) electrons. The highest BCUT2D eigenvalue weighted by atomic mass is 16.2. The number of amides is 1. The average molecular weight is 324 g/mol. The maximum Gasteiger partial charge on any atom is 0.276 e. The predicted octanol–water partition coefficient (Wildman–Crippen LogP) is 1.49. The standard InChI is InChI=1S/C16H16N6O2/c1-2-9-21-15(23)8-7-13(20-21)16(24)19-12-5-3-4-6-14(12)22-11-17-10-18-22/h3-8,10-11H,2,9H2,1H3,(H,19,24). The summed E-state index contributed by atoms with van der Waals surface area (Å²) in [6.07, 6.45) is 3.72. The van der Waals surface area contributed by atoms with E-state index in [0.29, 0.717) is 17.9 Å². The number of nitrogens with one attached hydrogen (secondary N) is 1. The monoisotopic (exact) mass is 324 g/mol. The van der Waals surface area contributed by atoms with Crippen molar-refractivity contribution in [1.82, 2.24) is 24.5 Å². The molecule has 0 saturated heterocycles. The average Bonchev–Trinajstić information content (AvgIpc) is 3.12. The van der Waals surface area contributed by atoms with E-state index in [-0.39, 0.29) is 11.3 Å². The number of hydrogen-bond donors (Lipinski definition) is 1. The first-order valence-corrected chi connectivity index (χ1v) is 7.52. The summed E-state index contributed by atoms with van der Waals surface area (Å²) in [5, 5.41) is 11.0. The highest BCUT2D eigenvalue weighted by Gasteiger charge is 2.13. The van der Waals surface area contributed by atoms with Crippen LogP contribution in [0.4, 0.5) is 5.69 Å². The minimum absolute atomic E-state index is 0.177. The summed E-state index contributed by atoms with van der Waals surface area (Å²) in [4.78, 5) is 28.1. The van der Waals surface area contributed by atoms with Gasteiger partial charge in [-0.3, -0.25) is 9.59 Å². The third-order valence-electron chi connectivity index (χ3n) is 3.35. The van der Waals surface area contributed by atoms with Crippen LogP contribution in [0.5, 0.6) is 0 Å². The van der Waals surface area contributed by atoms with Crippen LogP contribution in [-0.2, 0) is 6.54 Å². The number of benzene rings is 1. The van der Waals surface area contributed by atoms with E-state index in [2.05, 4.69) is 20.5 Å². The van der Waals surface area contributed by atoms with Crippen molar-refractivity contribution in [3.05, 3.63) is 65.1 Å². The molecule has 3 aromatic rings. The van der Waals surface area contributed by atoms with Crippen LogP contribution in [0.2, 0.25) is 0 Å². The van der Waals surface area contributed by atoms with Gasteiger partial charge in [-0.15, -0.1) is 0 Å². The molecule has 1 amide bonds. The quantitative estimate of drug-likeness (QED) is 0.767. The Bertz CT molecular complexity index is 901. The fraction of sp³-hybridized carbons (Fsp3) is 0.188. The zero-order chi connectivity index (χ0) is 16.9. The van der Waals surface area contributed by atoms with Crippen molar-refractivity contribution in [2.24, 2.45) is 0 Å². The van der Waals surface area contributed by atoms with E-state index < -0.39 is 5.91 Å². The predicted molar refractivity (Wildman–Crippen MR) is 88.1 cm³/mol. The molecule has 0 atom stereocenters. The number of anilines is 1. The SMILES string of the molecule is CCCn1nc(C(=O)Nc2ccccc2-n2cncn2)ccc1=O. The largest absolute Gasteiger partial charge is 0.319 e. The van der Waals surface area contributed by atoms with E-state index in [1.54, 1.807) is 17.1 Å². The summed E-state index contributed by atoms with van der Waals surface area (Å²) in [5.41, 5.74) is 1.21. The molecule has 2 aromatic heterocycles. The lowest BCUT2D eigenvalue weighted by Crippen LogP contribution is -2.26. The number of carbonyl (C=O) groups is 1. The van der Waals surface area contributed by atoms with Crippen LogP contribution in [-0.4, -0.2) is 30.5 Å². The van der Waals surface area contributed by atoms with Gasteiger partial charge in [0.15, 0.2) is 0 Å². The fourth-order valence-corrected chi connectivity index (χ4v) is 2.24. The van der Waals surface area contributed by atoms with Crippen molar-refractivity contribution in [3.8, 4) is 5.69 Å². The van der Waals surface area contributed by atoms with Crippen LogP contribution in [0.3, 0.4) is 0 Å². The molecular formula is C16H16N6O2. The molecule has 0 saturated carbocycles. The molecule has 2 heterocycles. The second-order valence-electron chi connectivity index (χ2n) is 5.09. The van der Waals surface area contributed by atoms with Crippen molar-refractivity contribution in [1.29, 1.82) is 0 Å². The first kappa shape index (κ1) is 15.6. The number of hydrogen-bond acceptors (Lipinski definition) is 5. The molecule has 0 aliphatic carbocycles. The zero-order valence-corrected chi connectivity index (χ0v) is 13.1. The van der Waals surface area contributed by atoms with Gasteiger partial charge in [0.2, 0.25) is 0 Å². The molecule has 0 bridgehead atoms. The van der Waals surface area contributed by atoms with Gasteiger partial charge in [0.25, 0.3) is 11.5 Å². The number of para-hydroxylation sites is 2. The zero-order valence-electron chi connectivity index (χ0n) is 13.1. The lowest BCUT2D eigenvalue weighted by Gasteiger charge is -2.11. The number of nitrogens with zero attached hydrogens (tertiary/aromatic N) is 5. The fourth-order valence-electron chi connectivity index (χ4n) is 2.24. The lowest BCUT2D eigenvalue weighted by atomic mass is 10.2. The van der Waals surface area contributed by atoms with Crippen molar-refractivity contribution in [3.63, 3.8) is 0 Å². The van der Waals surface area contributed by atoms with Gasteiger partial charge in [-0.25, -0.2) is 14.3 Å². The van der Waals surface area contributed by atoms with Gasteiger partial charge < -0.3 is 5.32 Å². The van der Waals surface area contributed by atoms with Crippen molar-refractivity contribution in [2.75, 3.05) is 5.32 Å². The Labute approximate surface area is 137 Å². The Hall–Kier alpha value is -3.29. The molecule has 0 aliphatic rings. The second kappa shape index (κ2) is 6.86. The van der Waals surface area contributed by atoms with Crippen LogP contribution in [0.1, 0.15) is 23.8 Å². The summed E-state index contributed by atoms with van der Waals surface area (Å²) < 4.78 is 2.85. The number of rotatable bonds is 5. The van der Waals surface area contributed by atoms with Gasteiger partial charge in [0.05, 0.1) is 11.4 Å². The first-order chi connectivity index (χ1) is 11.7. The van der Waals surface area contributed by atoms with E-state index >= 15 is 0 Å². The molecule has 122 valence electrons. The van der Waals surface area contributed by atoms with Gasteiger partial charge in [-0.2, -0.15) is 10.2 Å². The summed E-state index contributed by atoms with van der Waals surface area (Å²) in [7, 11) is 0. The van der Waals surface area contributed by atoms with Crippen LogP contribution in [0.15, 0.2) is 53.8 Å².